The number of aromatic amines is 1. The summed E-state index contributed by atoms with van der Waals surface area (Å²) in [5.74, 6) is -0.199. The third-order valence-electron chi connectivity index (χ3n) is 4.30. The number of para-hydroxylation sites is 2. The highest BCUT2D eigenvalue weighted by Gasteiger charge is 2.20. The summed E-state index contributed by atoms with van der Waals surface area (Å²) in [5.41, 5.74) is 3.74. The number of aromatic nitrogens is 2. The van der Waals surface area contributed by atoms with Gasteiger partial charge in [0.25, 0.3) is 5.56 Å². The minimum atomic E-state index is -0.440. The van der Waals surface area contributed by atoms with E-state index in [9.17, 15) is 9.90 Å². The zero-order valence-corrected chi connectivity index (χ0v) is 14.7. The maximum atomic E-state index is 12.5. The maximum Gasteiger partial charge on any atom is 0.262 e. The Morgan fingerprint density at radius 3 is 2.58 bits per heavy atom. The minimum Gasteiger partial charge on any atom is -0.494 e. The van der Waals surface area contributed by atoms with Crippen LogP contribution in [0.15, 0.2) is 64.4 Å². The van der Waals surface area contributed by atoms with Gasteiger partial charge in [-0.3, -0.25) is 19.3 Å². The molecule has 0 unspecified atom stereocenters. The summed E-state index contributed by atoms with van der Waals surface area (Å²) >= 11 is 5.24. The Balaban J connectivity index is 1.96. The van der Waals surface area contributed by atoms with Gasteiger partial charge in [-0.25, -0.2) is 0 Å². The van der Waals surface area contributed by atoms with Crippen LogP contribution in [0.5, 0.6) is 5.88 Å². The molecule has 0 saturated carbocycles. The molecule has 1 aromatic heterocycles. The predicted molar refractivity (Wildman–Crippen MR) is 106 cm³/mol. The van der Waals surface area contributed by atoms with E-state index in [0.29, 0.717) is 5.69 Å². The fourth-order valence-electron chi connectivity index (χ4n) is 3.05. The Morgan fingerprint density at radius 1 is 1.12 bits per heavy atom. The largest absolute Gasteiger partial charge is 0.494 e. The minimum absolute atomic E-state index is 0.137. The summed E-state index contributed by atoms with van der Waals surface area (Å²) in [7, 11) is 0. The molecule has 0 radical (unpaired) electrons. The number of aliphatic imine (C=N–C) groups is 1. The molecule has 1 aliphatic heterocycles. The van der Waals surface area contributed by atoms with E-state index in [1.165, 1.54) is 4.57 Å². The van der Waals surface area contributed by atoms with Gasteiger partial charge in [0, 0.05) is 16.8 Å². The smallest absolute Gasteiger partial charge is 0.262 e. The first kappa shape index (κ1) is 16.2. The Hall–Kier alpha value is -3.25. The first-order valence-corrected chi connectivity index (χ1v) is 8.47. The van der Waals surface area contributed by atoms with E-state index in [0.717, 1.165) is 22.5 Å². The van der Waals surface area contributed by atoms with Crippen molar-refractivity contribution in [3.05, 3.63) is 80.8 Å². The van der Waals surface area contributed by atoms with Gasteiger partial charge >= 0.3 is 0 Å². The van der Waals surface area contributed by atoms with Crippen LogP contribution in [0.4, 0.5) is 5.69 Å². The number of H-pyrrole nitrogens is 1. The molecule has 0 bridgehead atoms. The summed E-state index contributed by atoms with van der Waals surface area (Å²) in [5, 5.41) is 10.8. The molecule has 0 saturated heterocycles. The normalized spacial score (nSPS) is 14.3. The monoisotopic (exact) mass is 361 g/mol. The lowest BCUT2D eigenvalue weighted by molar-refractivity contribution is 0.432. The van der Waals surface area contributed by atoms with Crippen LogP contribution in [0.2, 0.25) is 0 Å². The number of nitrogens with one attached hydrogen (secondary N) is 1. The van der Waals surface area contributed by atoms with E-state index in [-0.39, 0.29) is 16.2 Å². The zero-order chi connectivity index (χ0) is 18.3. The number of allylic oxidation sites excluding steroid dienone is 1. The van der Waals surface area contributed by atoms with Crippen molar-refractivity contribution in [2.45, 2.75) is 6.92 Å². The third-order valence-corrected chi connectivity index (χ3v) is 4.58. The van der Waals surface area contributed by atoms with Gasteiger partial charge in [-0.1, -0.05) is 36.4 Å². The fourth-order valence-corrected chi connectivity index (χ4v) is 3.33. The number of nitrogens with zero attached hydrogens (tertiary/aromatic N) is 2. The standard InChI is InChI=1S/C20H15N3O2S/c1-12-15(14-9-5-6-10-17(14)21-12)11-16-18(24)22-20(26)23(19(16)25)13-7-3-2-4-8-13/h2-11,25H,1H3,(H,22,24,26). The Kier molecular flexibility index (Phi) is 3.89. The van der Waals surface area contributed by atoms with E-state index in [4.69, 9.17) is 12.2 Å². The SMILES string of the molecule is CC1=Nc2ccccc2C1=Cc1c(O)n(-c2ccccc2)c(=S)[nH]c1=O. The molecule has 0 atom stereocenters. The van der Waals surface area contributed by atoms with Crippen molar-refractivity contribution in [3.63, 3.8) is 0 Å². The number of aromatic hydroxyl groups is 1. The highest BCUT2D eigenvalue weighted by molar-refractivity contribution is 7.71. The number of hydrogen-bond donors (Lipinski definition) is 2. The van der Waals surface area contributed by atoms with Crippen LogP contribution in [0.25, 0.3) is 17.3 Å². The topological polar surface area (TPSA) is 70.4 Å². The average molecular weight is 361 g/mol. The molecule has 0 aliphatic carbocycles. The van der Waals surface area contributed by atoms with Gasteiger partial charge < -0.3 is 5.11 Å². The molecule has 2 heterocycles. The van der Waals surface area contributed by atoms with Crippen LogP contribution < -0.4 is 5.56 Å². The molecule has 3 aromatic rings. The maximum absolute atomic E-state index is 12.5. The quantitative estimate of drug-likeness (QED) is 0.671. The predicted octanol–water partition coefficient (Wildman–Crippen LogP) is 4.25. The van der Waals surface area contributed by atoms with Crippen molar-refractivity contribution in [2.24, 2.45) is 4.99 Å². The number of fused-ring (bicyclic) bond motifs is 1. The molecule has 0 amide bonds. The highest BCUT2D eigenvalue weighted by atomic mass is 32.1. The second-order valence-electron chi connectivity index (χ2n) is 5.94. The Bertz CT molecular complexity index is 1190. The lowest BCUT2D eigenvalue weighted by Gasteiger charge is -2.12. The molecule has 0 fully saturated rings. The molecule has 2 aromatic carbocycles. The molecule has 1 aliphatic rings. The van der Waals surface area contributed by atoms with E-state index >= 15 is 0 Å². The lowest BCUT2D eigenvalue weighted by Crippen LogP contribution is -2.16. The van der Waals surface area contributed by atoms with Crippen molar-refractivity contribution in [1.82, 2.24) is 9.55 Å². The van der Waals surface area contributed by atoms with E-state index < -0.39 is 5.56 Å². The van der Waals surface area contributed by atoms with Crippen LogP contribution in [0, 0.1) is 4.77 Å². The van der Waals surface area contributed by atoms with E-state index in [1.807, 2.05) is 61.5 Å². The summed E-state index contributed by atoms with van der Waals surface area (Å²) in [6.07, 6.45) is 1.66. The van der Waals surface area contributed by atoms with Crippen molar-refractivity contribution in [3.8, 4) is 11.6 Å². The molecular weight excluding hydrogens is 346 g/mol. The average Bonchev–Trinajstić information content (AvgIpc) is 2.94. The van der Waals surface area contributed by atoms with Gasteiger partial charge in [0.15, 0.2) is 4.77 Å². The van der Waals surface area contributed by atoms with Crippen molar-refractivity contribution in [1.29, 1.82) is 0 Å². The summed E-state index contributed by atoms with van der Waals surface area (Å²) < 4.78 is 1.58. The summed E-state index contributed by atoms with van der Waals surface area (Å²) in [6, 6.07) is 16.9. The van der Waals surface area contributed by atoms with Gasteiger partial charge in [-0.2, -0.15) is 0 Å². The second kappa shape index (κ2) is 6.24. The van der Waals surface area contributed by atoms with E-state index in [1.54, 1.807) is 6.08 Å². The molecule has 4 rings (SSSR count). The number of hydrogen-bond acceptors (Lipinski definition) is 4. The van der Waals surface area contributed by atoms with Gasteiger partial charge in [0.05, 0.1) is 11.4 Å². The van der Waals surface area contributed by atoms with Crippen LogP contribution >= 0.6 is 12.2 Å². The van der Waals surface area contributed by atoms with Crippen LogP contribution in [-0.4, -0.2) is 20.4 Å². The van der Waals surface area contributed by atoms with Crippen molar-refractivity contribution < 1.29 is 5.11 Å². The molecular formula is C20H15N3O2S. The molecule has 128 valence electrons. The second-order valence-corrected chi connectivity index (χ2v) is 6.33. The van der Waals surface area contributed by atoms with Crippen LogP contribution in [0.3, 0.4) is 0 Å². The lowest BCUT2D eigenvalue weighted by atomic mass is 10.0. The first-order chi connectivity index (χ1) is 12.6. The summed E-state index contributed by atoms with van der Waals surface area (Å²) in [4.78, 5) is 19.6. The molecule has 5 nitrogen and oxygen atoms in total. The molecule has 0 spiro atoms. The van der Waals surface area contributed by atoms with Crippen molar-refractivity contribution in [2.75, 3.05) is 0 Å². The molecule has 2 N–H and O–H groups in total. The van der Waals surface area contributed by atoms with Crippen LogP contribution in [-0.2, 0) is 0 Å². The Morgan fingerprint density at radius 2 is 1.81 bits per heavy atom. The third kappa shape index (κ3) is 2.60. The van der Waals surface area contributed by atoms with Crippen LogP contribution in [0.1, 0.15) is 18.1 Å². The zero-order valence-electron chi connectivity index (χ0n) is 13.9. The first-order valence-electron chi connectivity index (χ1n) is 8.07. The fraction of sp³-hybridized carbons (Fsp3) is 0.0500. The van der Waals surface area contributed by atoms with E-state index in [2.05, 4.69) is 9.98 Å². The van der Waals surface area contributed by atoms with Gasteiger partial charge in [-0.05, 0) is 43.4 Å². The Labute approximate surface area is 154 Å². The van der Waals surface area contributed by atoms with Gasteiger partial charge in [0.1, 0.15) is 5.56 Å². The number of rotatable bonds is 2. The highest BCUT2D eigenvalue weighted by Crippen LogP contribution is 2.36. The molecule has 26 heavy (non-hydrogen) atoms. The summed E-state index contributed by atoms with van der Waals surface area (Å²) in [6.45, 7) is 1.88. The van der Waals surface area contributed by atoms with Crippen molar-refractivity contribution >= 4 is 35.3 Å². The number of benzene rings is 2. The van der Waals surface area contributed by atoms with Gasteiger partial charge in [0.2, 0.25) is 5.88 Å². The van der Waals surface area contributed by atoms with Gasteiger partial charge in [-0.15, -0.1) is 0 Å². The molecule has 6 heteroatoms.